The first-order chi connectivity index (χ1) is 5.20. The molecule has 0 aliphatic heterocycles. The fourth-order valence-electron chi connectivity index (χ4n) is 0. The molecule has 0 bridgehead atoms. The van der Waals surface area contributed by atoms with Crippen molar-refractivity contribution >= 4 is 12.1 Å². The van der Waals surface area contributed by atoms with E-state index in [2.05, 4.69) is 22.9 Å². The molecule has 4 amide bonds. The van der Waals surface area contributed by atoms with E-state index in [1.165, 1.54) is 0 Å². The number of carbonyl (C=O) groups is 2. The van der Waals surface area contributed by atoms with E-state index in [-0.39, 0.29) is 0 Å². The summed E-state index contributed by atoms with van der Waals surface area (Å²) in [5, 5.41) is 13.6. The Kier molecular flexibility index (Phi) is 15.7. The molecule has 0 spiro atoms. The van der Waals surface area contributed by atoms with Crippen LogP contribution in [0.25, 0.3) is 0 Å². The third-order valence-corrected chi connectivity index (χ3v) is 0. The van der Waals surface area contributed by atoms with Crippen LogP contribution in [0.2, 0.25) is 0 Å². The van der Waals surface area contributed by atoms with E-state index in [0.717, 1.165) is 0 Å². The van der Waals surface area contributed by atoms with Crippen LogP contribution in [0.4, 0.5) is 9.59 Å². The van der Waals surface area contributed by atoms with Gasteiger partial charge in [-0.15, -0.1) is 10.1 Å². The molecule has 9 N–H and O–H groups in total. The van der Waals surface area contributed by atoms with Crippen molar-refractivity contribution in [1.29, 1.82) is 0 Å². The van der Waals surface area contributed by atoms with Crippen molar-refractivity contribution in [3.8, 4) is 0 Å². The van der Waals surface area contributed by atoms with Crippen LogP contribution in [0.5, 0.6) is 0 Å². The second kappa shape index (κ2) is 11.5. The van der Waals surface area contributed by atoms with Crippen LogP contribution in [-0.2, 0) is 0 Å². The Hall–Kier alpha value is -2.26. The first-order valence-corrected chi connectivity index (χ1v) is 2.13. The number of nitrogens with zero attached hydrogens (tertiary/aromatic N) is 1. The summed E-state index contributed by atoms with van der Waals surface area (Å²) < 4.78 is 0. The maximum Gasteiger partial charge on any atom is 0.309 e. The van der Waals surface area contributed by atoms with Gasteiger partial charge in [0.1, 0.15) is 0 Å². The Morgan fingerprint density at radius 1 is 1.08 bits per heavy atom. The summed E-state index contributed by atoms with van der Waals surface area (Å²) in [5.41, 5.74) is 17.0. The average molecular weight is 183 g/mol. The monoisotopic (exact) mass is 183 g/mol. The van der Waals surface area contributed by atoms with Gasteiger partial charge in [0.05, 0.1) is 0 Å². The Balaban J connectivity index is -0.000000101. The number of hydrogen-bond donors (Lipinski definition) is 5. The lowest BCUT2D eigenvalue weighted by Gasteiger charge is -1.62. The van der Waals surface area contributed by atoms with E-state index in [9.17, 15) is 0 Å². The van der Waals surface area contributed by atoms with Crippen LogP contribution in [0.15, 0.2) is 0 Å². The predicted molar refractivity (Wildman–Crippen MR) is 36.3 cm³/mol. The highest BCUT2D eigenvalue weighted by Gasteiger charge is 1.65. The van der Waals surface area contributed by atoms with E-state index >= 15 is 0 Å². The van der Waals surface area contributed by atoms with Crippen LogP contribution in [-0.4, -0.2) is 22.4 Å². The van der Waals surface area contributed by atoms with Crippen molar-refractivity contribution < 1.29 is 19.9 Å². The molecule has 0 aliphatic rings. The van der Waals surface area contributed by atoms with E-state index in [1.807, 2.05) is 0 Å². The summed E-state index contributed by atoms with van der Waals surface area (Å²) in [6, 6.07) is -1.67. The molecular weight excluding hydrogens is 174 g/mol. The molecule has 0 aromatic heterocycles. The molecule has 10 heteroatoms. The zero-order chi connectivity index (χ0) is 10.7. The van der Waals surface area contributed by atoms with Gasteiger partial charge < -0.3 is 28.1 Å². The minimum Gasteiger partial charge on any atom is -0.352 e. The molecule has 0 atom stereocenters. The topological polar surface area (TPSA) is 202 Å². The second-order valence-electron chi connectivity index (χ2n) is 1.04. The largest absolute Gasteiger partial charge is 0.352 e. The lowest BCUT2D eigenvalue weighted by Crippen LogP contribution is -2.18. The van der Waals surface area contributed by atoms with Crippen LogP contribution < -0.4 is 22.9 Å². The van der Waals surface area contributed by atoms with E-state index < -0.39 is 17.1 Å². The Morgan fingerprint density at radius 3 is 1.08 bits per heavy atom. The van der Waals surface area contributed by atoms with Crippen molar-refractivity contribution in [2.45, 2.75) is 0 Å². The number of hydrogen-bond acceptors (Lipinski definition) is 4. The Bertz CT molecular complexity index is 115. The van der Waals surface area contributed by atoms with Crippen molar-refractivity contribution in [1.82, 2.24) is 0 Å². The van der Waals surface area contributed by atoms with Crippen LogP contribution >= 0.6 is 0 Å². The fourth-order valence-corrected chi connectivity index (χ4v) is 0. The molecule has 0 aromatic rings. The first kappa shape index (κ1) is 16.4. The molecule has 0 fully saturated rings. The SMILES string of the molecule is NC(N)=O.NC(N)=O.O=[N+]([O-])O. The van der Waals surface area contributed by atoms with E-state index in [0.29, 0.717) is 0 Å². The third kappa shape index (κ3) is 68.8. The van der Waals surface area contributed by atoms with Gasteiger partial charge in [0.15, 0.2) is 0 Å². The van der Waals surface area contributed by atoms with Crippen molar-refractivity contribution in [2.24, 2.45) is 22.9 Å². The van der Waals surface area contributed by atoms with Crippen molar-refractivity contribution in [3.05, 3.63) is 10.1 Å². The molecule has 0 rings (SSSR count). The molecule has 10 nitrogen and oxygen atoms in total. The molecule has 0 aliphatic carbocycles. The lowest BCUT2D eigenvalue weighted by molar-refractivity contribution is -0.742. The van der Waals surface area contributed by atoms with Gasteiger partial charge in [0.25, 0.3) is 5.09 Å². The predicted octanol–water partition coefficient (Wildman–Crippen LogP) is -2.30. The number of rotatable bonds is 0. The van der Waals surface area contributed by atoms with Gasteiger partial charge in [-0.05, 0) is 0 Å². The van der Waals surface area contributed by atoms with Gasteiger partial charge in [0, 0.05) is 0 Å². The summed E-state index contributed by atoms with van der Waals surface area (Å²) in [6.45, 7) is 0. The fraction of sp³-hybridized carbons (Fsp3) is 0. The minimum absolute atomic E-state index is 0.833. The first-order valence-electron chi connectivity index (χ1n) is 2.13. The van der Waals surface area contributed by atoms with E-state index in [4.69, 9.17) is 24.9 Å². The van der Waals surface area contributed by atoms with Gasteiger partial charge >= 0.3 is 12.1 Å². The number of primary amides is 4. The summed E-state index contributed by atoms with van der Waals surface area (Å²) in [6.07, 6.45) is 0. The highest BCUT2D eigenvalue weighted by Crippen LogP contribution is 1.38. The summed E-state index contributed by atoms with van der Waals surface area (Å²) in [5.74, 6) is 0. The molecular formula is C2H9N5O5. The van der Waals surface area contributed by atoms with Crippen LogP contribution in [0.3, 0.4) is 0 Å². The maximum absolute atomic E-state index is 9.00. The van der Waals surface area contributed by atoms with E-state index in [1.54, 1.807) is 0 Å². The lowest BCUT2D eigenvalue weighted by atomic mass is 11.2. The third-order valence-electron chi connectivity index (χ3n) is 0. The molecule has 0 unspecified atom stereocenters. The van der Waals surface area contributed by atoms with Gasteiger partial charge in [0.2, 0.25) is 0 Å². The van der Waals surface area contributed by atoms with Gasteiger partial charge in [-0.2, -0.15) is 0 Å². The zero-order valence-corrected chi connectivity index (χ0v) is 5.84. The van der Waals surface area contributed by atoms with Gasteiger partial charge in [-0.3, -0.25) is 0 Å². The average Bonchev–Trinajstić information content (AvgIpc) is 1.54. The van der Waals surface area contributed by atoms with Crippen molar-refractivity contribution in [2.75, 3.05) is 0 Å². The van der Waals surface area contributed by atoms with Crippen molar-refractivity contribution in [3.63, 3.8) is 0 Å². The Labute approximate surface area is 66.2 Å². The maximum atomic E-state index is 9.00. The molecule has 72 valence electrons. The number of amides is 4. The second-order valence-corrected chi connectivity index (χ2v) is 1.04. The zero-order valence-electron chi connectivity index (χ0n) is 5.84. The van der Waals surface area contributed by atoms with Crippen LogP contribution in [0, 0.1) is 10.1 Å². The standard InChI is InChI=1S/2CH4N2O.HNO3/c3*2-1(3)4/h2*(H4,2,3,4);(H,2,3,4). The highest BCUT2D eigenvalue weighted by atomic mass is 16.9. The van der Waals surface area contributed by atoms with Gasteiger partial charge in [-0.1, -0.05) is 0 Å². The molecule has 0 heterocycles. The summed E-state index contributed by atoms with van der Waals surface area (Å²) in [4.78, 5) is 26.4. The van der Waals surface area contributed by atoms with Gasteiger partial charge in [-0.25, -0.2) is 9.59 Å². The molecule has 0 aromatic carbocycles. The molecule has 0 radical (unpaired) electrons. The quantitative estimate of drug-likeness (QED) is 0.207. The minimum atomic E-state index is -1.50. The molecule has 0 saturated heterocycles. The highest BCUT2D eigenvalue weighted by molar-refractivity contribution is 5.69. The van der Waals surface area contributed by atoms with Crippen LogP contribution in [0.1, 0.15) is 0 Å². The summed E-state index contributed by atoms with van der Waals surface area (Å²) >= 11 is 0. The number of carbonyl (C=O) groups excluding carboxylic acids is 2. The number of nitrogens with two attached hydrogens (primary N) is 4. The normalized spacial score (nSPS) is 6.00. The number of urea groups is 2. The molecule has 12 heavy (non-hydrogen) atoms. The summed E-state index contributed by atoms with van der Waals surface area (Å²) in [7, 11) is 0. The smallest absolute Gasteiger partial charge is 0.309 e. The molecule has 0 saturated carbocycles. The Morgan fingerprint density at radius 2 is 1.08 bits per heavy atom.